The van der Waals surface area contributed by atoms with Gasteiger partial charge < -0.3 is 40.9 Å². The summed E-state index contributed by atoms with van der Waals surface area (Å²) in [6.07, 6.45) is 6.36. The van der Waals surface area contributed by atoms with Crippen LogP contribution in [0.5, 0.6) is 0 Å². The van der Waals surface area contributed by atoms with Crippen LogP contribution >= 0.6 is 0 Å². The van der Waals surface area contributed by atoms with Crippen LogP contribution < -0.4 is 0 Å². The number of aliphatic hydroxyl groups excluding tert-OH is 8. The molecule has 0 aromatic heterocycles. The fourth-order valence-electron chi connectivity index (χ4n) is 7.35. The lowest BCUT2D eigenvalue weighted by atomic mass is 9.82. The van der Waals surface area contributed by atoms with Crippen molar-refractivity contribution in [3.05, 3.63) is 46.6 Å². The summed E-state index contributed by atoms with van der Waals surface area (Å²) < 4.78 is 0. The Labute approximate surface area is 266 Å². The minimum absolute atomic E-state index is 0.0255. The van der Waals surface area contributed by atoms with Crippen LogP contribution in [0.1, 0.15) is 83.1 Å². The van der Waals surface area contributed by atoms with Crippen molar-refractivity contribution in [1.82, 2.24) is 0 Å². The Morgan fingerprint density at radius 1 is 0.386 bits per heavy atom. The van der Waals surface area contributed by atoms with Gasteiger partial charge in [-0.3, -0.25) is 0 Å². The molecule has 8 atom stereocenters. The van der Waals surface area contributed by atoms with Crippen LogP contribution in [0.15, 0.2) is 46.6 Å². The molecule has 0 saturated carbocycles. The Kier molecular flexibility index (Phi) is 14.3. The fourth-order valence-corrected chi connectivity index (χ4v) is 7.35. The largest absolute Gasteiger partial charge is 0.396 e. The Bertz CT molecular complexity index is 896. The summed E-state index contributed by atoms with van der Waals surface area (Å²) in [5, 5.41) is 74.2. The van der Waals surface area contributed by atoms with E-state index in [-0.39, 0.29) is 71.8 Å². The van der Waals surface area contributed by atoms with Crippen LogP contribution in [0.4, 0.5) is 0 Å². The second-order valence-corrected chi connectivity index (χ2v) is 15.8. The zero-order valence-corrected chi connectivity index (χ0v) is 29.3. The Morgan fingerprint density at radius 2 is 0.523 bits per heavy atom. The van der Waals surface area contributed by atoms with Crippen molar-refractivity contribution >= 4 is 0 Å². The van der Waals surface area contributed by atoms with E-state index >= 15 is 0 Å². The average Bonchev–Trinajstić information content (AvgIpc) is 3.39. The van der Waals surface area contributed by atoms with Gasteiger partial charge in [-0.2, -0.15) is 0 Å². The summed E-state index contributed by atoms with van der Waals surface area (Å²) in [5.74, 6) is -0.102. The smallest absolute Gasteiger partial charge is 0.0805 e. The van der Waals surface area contributed by atoms with Crippen molar-refractivity contribution in [1.29, 1.82) is 0 Å². The predicted molar refractivity (Wildman–Crippen MR) is 176 cm³/mol. The molecule has 4 aliphatic rings. The van der Waals surface area contributed by atoms with E-state index in [1.54, 1.807) is 0 Å². The molecule has 0 amide bonds. The summed E-state index contributed by atoms with van der Waals surface area (Å²) in [5.41, 5.74) is 3.69. The average molecular weight is 625 g/mol. The van der Waals surface area contributed by atoms with E-state index in [4.69, 9.17) is 20.4 Å². The van der Waals surface area contributed by atoms with E-state index in [1.165, 1.54) is 0 Å². The summed E-state index contributed by atoms with van der Waals surface area (Å²) in [6, 6.07) is 0. The second-order valence-electron chi connectivity index (χ2n) is 15.8. The van der Waals surface area contributed by atoms with E-state index in [0.717, 1.165) is 22.3 Å². The molecule has 256 valence electrons. The summed E-state index contributed by atoms with van der Waals surface area (Å²) >= 11 is 0. The highest BCUT2D eigenvalue weighted by atomic mass is 16.3. The monoisotopic (exact) mass is 624 g/mol. The van der Waals surface area contributed by atoms with Crippen molar-refractivity contribution in [2.45, 2.75) is 108 Å². The lowest BCUT2D eigenvalue weighted by molar-refractivity contribution is 0.0557. The third-order valence-corrected chi connectivity index (χ3v) is 10.4. The summed E-state index contributed by atoms with van der Waals surface area (Å²) in [6.45, 7) is 24.1. The van der Waals surface area contributed by atoms with E-state index in [1.807, 2.05) is 107 Å². The number of allylic oxidation sites excluding steroid dienone is 4. The second kappa shape index (κ2) is 15.5. The van der Waals surface area contributed by atoms with Crippen LogP contribution in [0.2, 0.25) is 0 Å². The predicted octanol–water partition coefficient (Wildman–Crippen LogP) is 3.77. The molecule has 0 aromatic rings. The lowest BCUT2D eigenvalue weighted by Gasteiger charge is -2.26. The summed E-state index contributed by atoms with van der Waals surface area (Å²) in [4.78, 5) is 0. The normalized spacial score (nSPS) is 35.5. The molecule has 0 aromatic carbocycles. The number of aliphatic hydroxyl groups is 8. The molecular weight excluding hydrogens is 560 g/mol. The van der Waals surface area contributed by atoms with Crippen LogP contribution in [-0.4, -0.2) is 91.7 Å². The molecule has 0 aliphatic heterocycles. The molecule has 8 N–H and O–H groups in total. The van der Waals surface area contributed by atoms with E-state index in [0.29, 0.717) is 0 Å². The minimum Gasteiger partial charge on any atom is -0.396 e. The quantitative estimate of drug-likeness (QED) is 0.219. The molecule has 0 unspecified atom stereocenters. The van der Waals surface area contributed by atoms with Crippen LogP contribution in [-0.2, 0) is 0 Å². The Balaban J connectivity index is 0.000000293. The maximum Gasteiger partial charge on any atom is 0.0805 e. The van der Waals surface area contributed by atoms with E-state index in [9.17, 15) is 20.4 Å². The standard InChI is InChI=1S/4C9H16O2/c4*1-6-4-9(2,3)7(5-10)8(6)11/h4*4,7-8,10-11H,5H2,1-3H3/t2*7-,8+;2*7-,8-/m1010/s1. The van der Waals surface area contributed by atoms with Gasteiger partial charge in [0, 0.05) is 50.1 Å². The third-order valence-electron chi connectivity index (χ3n) is 10.4. The first-order valence-electron chi connectivity index (χ1n) is 15.9. The van der Waals surface area contributed by atoms with Crippen molar-refractivity contribution in [3.63, 3.8) is 0 Å². The van der Waals surface area contributed by atoms with Gasteiger partial charge in [-0.05, 0) is 71.6 Å². The first-order chi connectivity index (χ1) is 19.9. The van der Waals surface area contributed by atoms with Crippen molar-refractivity contribution in [2.24, 2.45) is 45.3 Å². The molecule has 0 radical (unpaired) electrons. The highest BCUT2D eigenvalue weighted by molar-refractivity contribution is 5.23. The van der Waals surface area contributed by atoms with Crippen molar-refractivity contribution < 1.29 is 40.9 Å². The first-order valence-corrected chi connectivity index (χ1v) is 15.9. The Hall–Kier alpha value is -1.36. The number of rotatable bonds is 4. The van der Waals surface area contributed by atoms with Crippen LogP contribution in [0.3, 0.4) is 0 Å². The molecule has 4 rings (SSSR count). The molecule has 0 bridgehead atoms. The van der Waals surface area contributed by atoms with E-state index < -0.39 is 24.4 Å². The SMILES string of the molecule is CC1=CC(C)(C)[C@@H](CO)[C@@H]1O.CC1=CC(C)(C)[C@@H](CO)[C@H]1O.CC1=CC(C)(C)[C@H](CO)[C@@H]1O.CC1=CC(C)(C)[C@H](CO)[C@H]1O. The highest BCUT2D eigenvalue weighted by Crippen LogP contribution is 2.43. The van der Waals surface area contributed by atoms with Gasteiger partial charge in [-0.25, -0.2) is 0 Å². The van der Waals surface area contributed by atoms with Gasteiger partial charge in [0.05, 0.1) is 24.4 Å². The molecule has 8 nitrogen and oxygen atoms in total. The van der Waals surface area contributed by atoms with Gasteiger partial charge in [-0.15, -0.1) is 0 Å². The van der Waals surface area contributed by atoms with Crippen LogP contribution in [0.25, 0.3) is 0 Å². The highest BCUT2D eigenvalue weighted by Gasteiger charge is 2.41. The summed E-state index contributed by atoms with van der Waals surface area (Å²) in [7, 11) is 0. The third kappa shape index (κ3) is 9.35. The minimum atomic E-state index is -0.449. The number of hydrogen-bond acceptors (Lipinski definition) is 8. The van der Waals surface area contributed by atoms with Gasteiger partial charge in [0.15, 0.2) is 0 Å². The molecule has 0 saturated heterocycles. The molecule has 4 aliphatic carbocycles. The van der Waals surface area contributed by atoms with Gasteiger partial charge in [-0.1, -0.05) is 79.7 Å². The molecule has 8 heteroatoms. The van der Waals surface area contributed by atoms with Crippen LogP contribution in [0, 0.1) is 45.3 Å². The van der Waals surface area contributed by atoms with Gasteiger partial charge in [0.2, 0.25) is 0 Å². The van der Waals surface area contributed by atoms with Gasteiger partial charge in [0.1, 0.15) is 0 Å². The molecular formula is C36H64O8. The van der Waals surface area contributed by atoms with Gasteiger partial charge >= 0.3 is 0 Å². The van der Waals surface area contributed by atoms with Crippen molar-refractivity contribution in [3.8, 4) is 0 Å². The zero-order valence-electron chi connectivity index (χ0n) is 29.3. The lowest BCUT2D eigenvalue weighted by Crippen LogP contribution is -2.30. The number of hydrogen-bond donors (Lipinski definition) is 8. The molecule has 44 heavy (non-hydrogen) atoms. The topological polar surface area (TPSA) is 162 Å². The maximum atomic E-state index is 9.56. The van der Waals surface area contributed by atoms with E-state index in [2.05, 4.69) is 0 Å². The van der Waals surface area contributed by atoms with Gasteiger partial charge in [0.25, 0.3) is 0 Å². The fraction of sp³-hybridized carbons (Fsp3) is 0.778. The molecule has 0 heterocycles. The zero-order chi connectivity index (χ0) is 34.6. The maximum absolute atomic E-state index is 9.56. The first kappa shape index (κ1) is 40.7. The Morgan fingerprint density at radius 3 is 0.568 bits per heavy atom. The molecule has 0 spiro atoms. The van der Waals surface area contributed by atoms with Crippen molar-refractivity contribution in [2.75, 3.05) is 26.4 Å². The molecule has 0 fully saturated rings.